The molecule has 3 rings (SSSR count). The van der Waals surface area contributed by atoms with Crippen LogP contribution in [0.5, 0.6) is 0 Å². The number of amides is 2. The van der Waals surface area contributed by atoms with Crippen molar-refractivity contribution in [1.29, 1.82) is 0 Å². The topological polar surface area (TPSA) is 87.7 Å². The first-order chi connectivity index (χ1) is 13.0. The van der Waals surface area contributed by atoms with Gasteiger partial charge in [-0.3, -0.25) is 9.59 Å². The van der Waals surface area contributed by atoms with E-state index in [9.17, 15) is 9.59 Å². The van der Waals surface area contributed by atoms with Gasteiger partial charge in [0.15, 0.2) is 0 Å². The van der Waals surface area contributed by atoms with Gasteiger partial charge >= 0.3 is 0 Å². The number of ether oxygens (including phenoxy) is 1. The number of aromatic nitrogens is 2. The van der Waals surface area contributed by atoms with Crippen LogP contribution in [0.3, 0.4) is 0 Å². The van der Waals surface area contributed by atoms with Gasteiger partial charge < -0.3 is 19.9 Å². The predicted molar refractivity (Wildman–Crippen MR) is 102 cm³/mol. The predicted octanol–water partition coefficient (Wildman–Crippen LogP) is 1.33. The average molecular weight is 369 g/mol. The third-order valence-corrected chi connectivity index (χ3v) is 4.25. The normalized spacial score (nSPS) is 13.9. The van der Waals surface area contributed by atoms with Crippen molar-refractivity contribution in [3.8, 4) is 0 Å². The average Bonchev–Trinajstić information content (AvgIpc) is 2.68. The lowest BCUT2D eigenvalue weighted by molar-refractivity contribution is -0.116. The van der Waals surface area contributed by atoms with Crippen LogP contribution in [0.4, 0.5) is 11.4 Å². The van der Waals surface area contributed by atoms with Crippen LogP contribution >= 0.6 is 0 Å². The molecule has 0 radical (unpaired) electrons. The Morgan fingerprint density at radius 1 is 1.19 bits per heavy atom. The van der Waals surface area contributed by atoms with Crippen molar-refractivity contribution in [2.24, 2.45) is 0 Å². The van der Waals surface area contributed by atoms with Crippen LogP contribution in [-0.4, -0.2) is 66.6 Å². The molecule has 1 aliphatic rings. The van der Waals surface area contributed by atoms with Gasteiger partial charge in [0.25, 0.3) is 5.91 Å². The summed E-state index contributed by atoms with van der Waals surface area (Å²) in [6.07, 6.45) is 1.53. The van der Waals surface area contributed by atoms with E-state index in [4.69, 9.17) is 4.74 Å². The van der Waals surface area contributed by atoms with Gasteiger partial charge in [-0.15, -0.1) is 0 Å². The molecule has 0 unspecified atom stereocenters. The van der Waals surface area contributed by atoms with Crippen molar-refractivity contribution in [3.05, 3.63) is 48.0 Å². The number of benzene rings is 1. The largest absolute Gasteiger partial charge is 0.378 e. The SMILES string of the molecule is Cc1nccc(C(=O)N(C)CC(=O)Nc2ccc(N3CCOCC3)cc2)n1. The summed E-state index contributed by atoms with van der Waals surface area (Å²) in [6, 6.07) is 9.20. The first kappa shape index (κ1) is 18.8. The lowest BCUT2D eigenvalue weighted by Crippen LogP contribution is -2.36. The Bertz CT molecular complexity index is 803. The summed E-state index contributed by atoms with van der Waals surface area (Å²) in [4.78, 5) is 36.2. The maximum Gasteiger partial charge on any atom is 0.272 e. The highest BCUT2D eigenvalue weighted by molar-refractivity contribution is 5.98. The fourth-order valence-electron chi connectivity index (χ4n) is 2.84. The van der Waals surface area contributed by atoms with E-state index < -0.39 is 0 Å². The lowest BCUT2D eigenvalue weighted by Gasteiger charge is -2.28. The number of rotatable bonds is 5. The summed E-state index contributed by atoms with van der Waals surface area (Å²) in [7, 11) is 1.57. The van der Waals surface area contributed by atoms with Crippen molar-refractivity contribution in [3.63, 3.8) is 0 Å². The molecule has 0 aliphatic carbocycles. The number of carbonyl (C=O) groups is 2. The van der Waals surface area contributed by atoms with E-state index in [0.717, 1.165) is 32.0 Å². The number of hydrogen-bond acceptors (Lipinski definition) is 6. The van der Waals surface area contributed by atoms with E-state index in [1.807, 2.05) is 24.3 Å². The second-order valence-corrected chi connectivity index (χ2v) is 6.34. The summed E-state index contributed by atoms with van der Waals surface area (Å²) >= 11 is 0. The molecule has 8 heteroatoms. The van der Waals surface area contributed by atoms with Crippen LogP contribution < -0.4 is 10.2 Å². The summed E-state index contributed by atoms with van der Waals surface area (Å²) < 4.78 is 5.35. The highest BCUT2D eigenvalue weighted by Crippen LogP contribution is 2.19. The smallest absolute Gasteiger partial charge is 0.272 e. The Morgan fingerprint density at radius 2 is 1.89 bits per heavy atom. The Morgan fingerprint density at radius 3 is 2.56 bits per heavy atom. The molecule has 1 N–H and O–H groups in total. The molecule has 8 nitrogen and oxygen atoms in total. The van der Waals surface area contributed by atoms with Gasteiger partial charge in [-0.2, -0.15) is 0 Å². The molecule has 142 valence electrons. The molecule has 0 spiro atoms. The third-order valence-electron chi connectivity index (χ3n) is 4.25. The van der Waals surface area contributed by atoms with Crippen molar-refractivity contribution < 1.29 is 14.3 Å². The van der Waals surface area contributed by atoms with E-state index in [1.54, 1.807) is 14.0 Å². The number of carbonyl (C=O) groups excluding carboxylic acids is 2. The number of anilines is 2. The monoisotopic (exact) mass is 369 g/mol. The van der Waals surface area contributed by atoms with Crippen molar-refractivity contribution in [2.75, 3.05) is 50.1 Å². The Kier molecular flexibility index (Phi) is 5.97. The van der Waals surface area contributed by atoms with Gasteiger partial charge in [0, 0.05) is 37.7 Å². The molecule has 2 amide bonds. The molecule has 1 aromatic heterocycles. The maximum atomic E-state index is 12.3. The zero-order chi connectivity index (χ0) is 19.2. The number of hydrogen-bond donors (Lipinski definition) is 1. The minimum absolute atomic E-state index is 0.0624. The maximum absolute atomic E-state index is 12.3. The molecule has 1 saturated heterocycles. The molecule has 27 heavy (non-hydrogen) atoms. The van der Waals surface area contributed by atoms with Gasteiger partial charge in [0.05, 0.1) is 19.8 Å². The van der Waals surface area contributed by atoms with E-state index in [1.165, 1.54) is 17.2 Å². The molecule has 0 atom stereocenters. The van der Waals surface area contributed by atoms with E-state index in [0.29, 0.717) is 11.5 Å². The Balaban J connectivity index is 1.54. The van der Waals surface area contributed by atoms with Crippen LogP contribution in [0, 0.1) is 6.92 Å². The molecule has 2 heterocycles. The van der Waals surface area contributed by atoms with Gasteiger partial charge in [-0.25, -0.2) is 9.97 Å². The summed E-state index contributed by atoms with van der Waals surface area (Å²) in [5.74, 6) is -0.0758. The van der Waals surface area contributed by atoms with Crippen LogP contribution in [0.15, 0.2) is 36.5 Å². The highest BCUT2D eigenvalue weighted by Gasteiger charge is 2.17. The third kappa shape index (κ3) is 5.01. The quantitative estimate of drug-likeness (QED) is 0.856. The lowest BCUT2D eigenvalue weighted by atomic mass is 10.2. The van der Waals surface area contributed by atoms with E-state index in [2.05, 4.69) is 20.2 Å². The number of likely N-dealkylation sites (N-methyl/N-ethyl adjacent to an activating group) is 1. The van der Waals surface area contributed by atoms with Crippen molar-refractivity contribution >= 4 is 23.2 Å². The van der Waals surface area contributed by atoms with Gasteiger partial charge in [0.2, 0.25) is 5.91 Å². The summed E-state index contributed by atoms with van der Waals surface area (Å²) in [6.45, 7) is 4.83. The van der Waals surface area contributed by atoms with Crippen molar-refractivity contribution in [1.82, 2.24) is 14.9 Å². The minimum atomic E-state index is -0.321. The Labute approximate surface area is 158 Å². The molecule has 1 fully saturated rings. The molecule has 2 aromatic rings. The fraction of sp³-hybridized carbons (Fsp3) is 0.368. The van der Waals surface area contributed by atoms with Gasteiger partial charge in [0.1, 0.15) is 11.5 Å². The summed E-state index contributed by atoms with van der Waals surface area (Å²) in [5, 5.41) is 2.81. The van der Waals surface area contributed by atoms with Crippen LogP contribution in [0.2, 0.25) is 0 Å². The fourth-order valence-corrected chi connectivity index (χ4v) is 2.84. The zero-order valence-corrected chi connectivity index (χ0v) is 15.5. The molecule has 0 bridgehead atoms. The zero-order valence-electron chi connectivity index (χ0n) is 15.5. The van der Waals surface area contributed by atoms with Crippen LogP contribution in [-0.2, 0) is 9.53 Å². The number of morpholine rings is 1. The standard InChI is InChI=1S/C19H23N5O3/c1-14-20-8-7-17(21-14)19(26)23(2)13-18(25)22-15-3-5-16(6-4-15)24-9-11-27-12-10-24/h3-8H,9-13H2,1-2H3,(H,22,25). The second kappa shape index (κ2) is 8.59. The van der Waals surface area contributed by atoms with E-state index >= 15 is 0 Å². The number of nitrogens with zero attached hydrogens (tertiary/aromatic N) is 4. The molecule has 1 aromatic carbocycles. The van der Waals surface area contributed by atoms with Crippen molar-refractivity contribution in [2.45, 2.75) is 6.92 Å². The number of aryl methyl sites for hydroxylation is 1. The number of nitrogens with one attached hydrogen (secondary N) is 1. The molecular weight excluding hydrogens is 346 g/mol. The van der Waals surface area contributed by atoms with Crippen LogP contribution in [0.1, 0.15) is 16.3 Å². The molecular formula is C19H23N5O3. The van der Waals surface area contributed by atoms with Gasteiger partial charge in [-0.1, -0.05) is 0 Å². The second-order valence-electron chi connectivity index (χ2n) is 6.34. The van der Waals surface area contributed by atoms with Gasteiger partial charge in [-0.05, 0) is 37.3 Å². The first-order valence-corrected chi connectivity index (χ1v) is 8.80. The highest BCUT2D eigenvalue weighted by atomic mass is 16.5. The van der Waals surface area contributed by atoms with E-state index in [-0.39, 0.29) is 24.1 Å². The van der Waals surface area contributed by atoms with Crippen LogP contribution in [0.25, 0.3) is 0 Å². The molecule has 0 saturated carbocycles. The minimum Gasteiger partial charge on any atom is -0.378 e. The summed E-state index contributed by atoms with van der Waals surface area (Å²) in [5.41, 5.74) is 2.06. The Hall–Kier alpha value is -3.00. The molecule has 1 aliphatic heterocycles. The first-order valence-electron chi connectivity index (χ1n) is 8.80.